The molecule has 0 saturated carbocycles. The van der Waals surface area contributed by atoms with E-state index < -0.39 is 0 Å². The van der Waals surface area contributed by atoms with E-state index in [0.29, 0.717) is 12.7 Å². The van der Waals surface area contributed by atoms with Crippen molar-refractivity contribution in [1.29, 1.82) is 0 Å². The Morgan fingerprint density at radius 1 is 0.958 bits per heavy atom. The third-order valence-corrected chi connectivity index (χ3v) is 5.44. The molecule has 126 valence electrons. The first kappa shape index (κ1) is 15.8. The van der Waals surface area contributed by atoms with Gasteiger partial charge >= 0.3 is 0 Å². The van der Waals surface area contributed by atoms with Crippen LogP contribution in [0.15, 0.2) is 54.6 Å². The second-order valence-corrected chi connectivity index (χ2v) is 6.95. The summed E-state index contributed by atoms with van der Waals surface area (Å²) in [7, 11) is 0. The lowest BCUT2D eigenvalue weighted by molar-refractivity contribution is -0.0268. The maximum atomic E-state index is 10.6. The van der Waals surface area contributed by atoms with E-state index in [1.165, 1.54) is 11.1 Å². The minimum absolute atomic E-state index is 0.234. The highest BCUT2D eigenvalue weighted by Crippen LogP contribution is 2.35. The summed E-state index contributed by atoms with van der Waals surface area (Å²) < 4.78 is 6.08. The molecule has 0 amide bonds. The first-order chi connectivity index (χ1) is 11.8. The summed E-state index contributed by atoms with van der Waals surface area (Å²) in [4.78, 5) is 2.45. The van der Waals surface area contributed by atoms with Gasteiger partial charge in [0.05, 0.1) is 18.8 Å². The number of aliphatic hydroxyl groups is 1. The molecule has 2 unspecified atom stereocenters. The van der Waals surface area contributed by atoms with Crippen LogP contribution in [-0.2, 0) is 17.8 Å². The van der Waals surface area contributed by atoms with Gasteiger partial charge in [0, 0.05) is 19.1 Å². The monoisotopic (exact) mass is 323 g/mol. The van der Waals surface area contributed by atoms with E-state index in [1.807, 2.05) is 12.1 Å². The van der Waals surface area contributed by atoms with Gasteiger partial charge in [0.15, 0.2) is 0 Å². The number of nitrogens with zero attached hydrogens (tertiary/aromatic N) is 1. The molecular weight excluding hydrogens is 298 g/mol. The van der Waals surface area contributed by atoms with Gasteiger partial charge in [-0.1, -0.05) is 54.6 Å². The first-order valence-corrected chi connectivity index (χ1v) is 8.97. The van der Waals surface area contributed by atoms with Gasteiger partial charge in [-0.05, 0) is 36.0 Å². The third-order valence-electron chi connectivity index (χ3n) is 5.44. The summed E-state index contributed by atoms with van der Waals surface area (Å²) in [5.74, 6) is 0. The summed E-state index contributed by atoms with van der Waals surface area (Å²) in [5.41, 5.74) is 3.66. The minimum Gasteiger partial charge on any atom is -0.387 e. The molecule has 2 aromatic carbocycles. The Bertz CT molecular complexity index is 665. The van der Waals surface area contributed by atoms with E-state index in [4.69, 9.17) is 4.74 Å². The van der Waals surface area contributed by atoms with Crippen molar-refractivity contribution < 1.29 is 9.84 Å². The lowest BCUT2D eigenvalue weighted by atomic mass is 10.0. The SMILES string of the molecule is OC1c2ccccc2CC1N1CCC(OCc2ccccc2)CC1. The summed E-state index contributed by atoms with van der Waals surface area (Å²) in [6, 6.07) is 18.9. The average molecular weight is 323 g/mol. The highest BCUT2D eigenvalue weighted by Gasteiger charge is 2.36. The predicted octanol–water partition coefficient (Wildman–Crippen LogP) is 3.33. The summed E-state index contributed by atoms with van der Waals surface area (Å²) in [6.45, 7) is 2.72. The van der Waals surface area contributed by atoms with Crippen LogP contribution in [0, 0.1) is 0 Å². The van der Waals surface area contributed by atoms with Crippen molar-refractivity contribution >= 4 is 0 Å². The number of ether oxygens (including phenoxy) is 1. The average Bonchev–Trinajstić information content (AvgIpc) is 2.98. The van der Waals surface area contributed by atoms with Crippen molar-refractivity contribution in [2.75, 3.05) is 13.1 Å². The van der Waals surface area contributed by atoms with E-state index in [1.54, 1.807) is 0 Å². The van der Waals surface area contributed by atoms with Crippen LogP contribution in [0.2, 0.25) is 0 Å². The molecule has 1 saturated heterocycles. The van der Waals surface area contributed by atoms with Crippen molar-refractivity contribution in [2.24, 2.45) is 0 Å². The highest BCUT2D eigenvalue weighted by molar-refractivity contribution is 5.36. The molecule has 0 aromatic heterocycles. The van der Waals surface area contributed by atoms with E-state index in [9.17, 15) is 5.11 Å². The number of hydrogen-bond acceptors (Lipinski definition) is 3. The van der Waals surface area contributed by atoms with Crippen LogP contribution in [0.5, 0.6) is 0 Å². The Balaban J connectivity index is 1.29. The molecule has 2 aliphatic rings. The zero-order chi connectivity index (χ0) is 16.4. The van der Waals surface area contributed by atoms with Crippen LogP contribution in [0.1, 0.15) is 35.6 Å². The summed E-state index contributed by atoms with van der Waals surface area (Å²) in [6.07, 6.45) is 3.05. The van der Waals surface area contributed by atoms with Gasteiger partial charge in [0.1, 0.15) is 0 Å². The van der Waals surface area contributed by atoms with E-state index in [2.05, 4.69) is 47.4 Å². The standard InChI is InChI=1S/C21H25NO2/c23-21-19-9-5-4-8-17(19)14-20(21)22-12-10-18(11-13-22)24-15-16-6-2-1-3-7-16/h1-9,18,20-21,23H,10-15H2. The highest BCUT2D eigenvalue weighted by atomic mass is 16.5. The molecular formula is C21H25NO2. The third kappa shape index (κ3) is 3.25. The van der Waals surface area contributed by atoms with Gasteiger partial charge in [-0.2, -0.15) is 0 Å². The normalized spacial score (nSPS) is 24.9. The van der Waals surface area contributed by atoms with Gasteiger partial charge in [-0.3, -0.25) is 4.90 Å². The molecule has 2 atom stereocenters. The van der Waals surface area contributed by atoms with Crippen LogP contribution < -0.4 is 0 Å². The second kappa shape index (κ2) is 7.06. The Hall–Kier alpha value is -1.68. The van der Waals surface area contributed by atoms with Crippen LogP contribution in [0.3, 0.4) is 0 Å². The Labute approximate surface area is 143 Å². The van der Waals surface area contributed by atoms with Crippen LogP contribution >= 0.6 is 0 Å². The minimum atomic E-state index is -0.344. The van der Waals surface area contributed by atoms with Crippen LogP contribution in [-0.4, -0.2) is 35.2 Å². The number of likely N-dealkylation sites (tertiary alicyclic amines) is 1. The molecule has 0 bridgehead atoms. The zero-order valence-electron chi connectivity index (χ0n) is 14.0. The number of benzene rings is 2. The Morgan fingerprint density at radius 2 is 1.67 bits per heavy atom. The van der Waals surface area contributed by atoms with Crippen LogP contribution in [0.25, 0.3) is 0 Å². The number of hydrogen-bond donors (Lipinski definition) is 1. The maximum absolute atomic E-state index is 10.6. The van der Waals surface area contributed by atoms with Crippen molar-refractivity contribution in [1.82, 2.24) is 4.90 Å². The summed E-state index contributed by atoms with van der Waals surface area (Å²) >= 11 is 0. The molecule has 1 N–H and O–H groups in total. The lowest BCUT2D eigenvalue weighted by Gasteiger charge is -2.37. The molecule has 0 radical (unpaired) electrons. The van der Waals surface area contributed by atoms with Gasteiger partial charge < -0.3 is 9.84 Å². The molecule has 0 spiro atoms. The largest absolute Gasteiger partial charge is 0.387 e. The molecule has 2 aromatic rings. The fourth-order valence-electron chi connectivity index (χ4n) is 4.04. The number of fused-ring (bicyclic) bond motifs is 1. The van der Waals surface area contributed by atoms with Gasteiger partial charge in [0.2, 0.25) is 0 Å². The second-order valence-electron chi connectivity index (χ2n) is 6.95. The molecule has 1 aliphatic carbocycles. The van der Waals surface area contributed by atoms with E-state index >= 15 is 0 Å². The van der Waals surface area contributed by atoms with Gasteiger partial charge in [0.25, 0.3) is 0 Å². The van der Waals surface area contributed by atoms with Gasteiger partial charge in [-0.25, -0.2) is 0 Å². The Morgan fingerprint density at radius 3 is 2.42 bits per heavy atom. The number of piperidine rings is 1. The van der Waals surface area contributed by atoms with Crippen LogP contribution in [0.4, 0.5) is 0 Å². The van der Waals surface area contributed by atoms with Crippen molar-refractivity contribution in [3.63, 3.8) is 0 Å². The predicted molar refractivity (Wildman–Crippen MR) is 94.7 cm³/mol. The zero-order valence-corrected chi connectivity index (χ0v) is 14.0. The Kier molecular flexibility index (Phi) is 4.65. The van der Waals surface area contributed by atoms with Crippen molar-refractivity contribution in [2.45, 2.75) is 44.1 Å². The smallest absolute Gasteiger partial charge is 0.0951 e. The molecule has 3 heteroatoms. The molecule has 1 aliphatic heterocycles. The topological polar surface area (TPSA) is 32.7 Å². The van der Waals surface area contributed by atoms with Gasteiger partial charge in [-0.15, -0.1) is 0 Å². The molecule has 1 fully saturated rings. The first-order valence-electron chi connectivity index (χ1n) is 8.97. The number of aliphatic hydroxyl groups excluding tert-OH is 1. The number of rotatable bonds is 4. The lowest BCUT2D eigenvalue weighted by Crippen LogP contribution is -2.45. The molecule has 24 heavy (non-hydrogen) atoms. The van der Waals surface area contributed by atoms with E-state index in [-0.39, 0.29) is 12.1 Å². The molecule has 4 rings (SSSR count). The van der Waals surface area contributed by atoms with E-state index in [0.717, 1.165) is 37.9 Å². The quantitative estimate of drug-likeness (QED) is 0.937. The summed E-state index contributed by atoms with van der Waals surface area (Å²) in [5, 5.41) is 10.6. The van der Waals surface area contributed by atoms with Crippen molar-refractivity contribution in [3.8, 4) is 0 Å². The maximum Gasteiger partial charge on any atom is 0.0951 e. The fraction of sp³-hybridized carbons (Fsp3) is 0.429. The van der Waals surface area contributed by atoms with Crippen molar-refractivity contribution in [3.05, 3.63) is 71.3 Å². The molecule has 3 nitrogen and oxygen atoms in total. The molecule has 1 heterocycles. The fourth-order valence-corrected chi connectivity index (χ4v) is 4.04.